The molecular weight excluding hydrogens is 318 g/mol. The first-order chi connectivity index (χ1) is 10.9. The van der Waals surface area contributed by atoms with Gasteiger partial charge in [-0.2, -0.15) is 0 Å². The Hall–Kier alpha value is -1.44. The van der Waals surface area contributed by atoms with Crippen LogP contribution in [0.2, 0.25) is 0 Å². The van der Waals surface area contributed by atoms with Crippen molar-refractivity contribution in [2.45, 2.75) is 24.0 Å². The average Bonchev–Trinajstić information content (AvgIpc) is 3.08. The number of nitrogens with zero attached hydrogens (tertiary/aromatic N) is 1. The van der Waals surface area contributed by atoms with Gasteiger partial charge in [-0.3, -0.25) is 4.79 Å². The van der Waals surface area contributed by atoms with Crippen molar-refractivity contribution in [3.05, 3.63) is 29.8 Å². The molecule has 2 fully saturated rings. The van der Waals surface area contributed by atoms with Gasteiger partial charge in [-0.25, -0.2) is 8.42 Å². The molecule has 1 aromatic rings. The van der Waals surface area contributed by atoms with Crippen molar-refractivity contribution in [3.63, 3.8) is 0 Å². The first-order valence-corrected chi connectivity index (χ1v) is 9.67. The maximum atomic E-state index is 12.5. The minimum atomic E-state index is -3.24. The van der Waals surface area contributed by atoms with Crippen LogP contribution in [0.1, 0.15) is 23.2 Å². The predicted octanol–water partition coefficient (Wildman–Crippen LogP) is 1.32. The Bertz CT molecular complexity index is 656. The molecule has 0 unspecified atom stereocenters. The van der Waals surface area contributed by atoms with Crippen molar-refractivity contribution in [2.24, 2.45) is 5.92 Å². The third-order valence-electron chi connectivity index (χ3n) is 4.39. The summed E-state index contributed by atoms with van der Waals surface area (Å²) in [6.45, 7) is 2.63. The lowest BCUT2D eigenvalue weighted by molar-refractivity contribution is -0.0956. The van der Waals surface area contributed by atoms with E-state index >= 15 is 0 Å². The van der Waals surface area contributed by atoms with Crippen molar-refractivity contribution in [2.75, 3.05) is 32.6 Å². The molecule has 0 aromatic heterocycles. The van der Waals surface area contributed by atoms with Gasteiger partial charge in [0.1, 0.15) is 0 Å². The highest BCUT2D eigenvalue weighted by atomic mass is 32.2. The third kappa shape index (κ3) is 3.73. The normalized spacial score (nSPS) is 20.8. The van der Waals surface area contributed by atoms with E-state index < -0.39 is 9.84 Å². The highest BCUT2D eigenvalue weighted by Crippen LogP contribution is 2.26. The SMILES string of the molecule is CS(=O)(=O)c1ccc(C(=O)N2CCC(C3OCCO3)CC2)cc1. The lowest BCUT2D eigenvalue weighted by atomic mass is 9.95. The highest BCUT2D eigenvalue weighted by Gasteiger charge is 2.32. The number of hydrogen-bond donors (Lipinski definition) is 0. The number of carbonyl (C=O) groups is 1. The second kappa shape index (κ2) is 6.59. The quantitative estimate of drug-likeness (QED) is 0.830. The molecule has 2 aliphatic heterocycles. The minimum Gasteiger partial charge on any atom is -0.350 e. The molecule has 0 radical (unpaired) electrons. The van der Waals surface area contributed by atoms with Gasteiger partial charge in [-0.05, 0) is 37.1 Å². The van der Waals surface area contributed by atoms with Gasteiger partial charge >= 0.3 is 0 Å². The van der Waals surface area contributed by atoms with Crippen LogP contribution < -0.4 is 0 Å². The monoisotopic (exact) mass is 339 g/mol. The molecule has 0 atom stereocenters. The zero-order valence-electron chi connectivity index (χ0n) is 13.1. The summed E-state index contributed by atoms with van der Waals surface area (Å²) in [5.41, 5.74) is 0.518. The van der Waals surface area contributed by atoms with E-state index in [1.165, 1.54) is 12.1 Å². The molecule has 23 heavy (non-hydrogen) atoms. The van der Waals surface area contributed by atoms with E-state index in [1.807, 2.05) is 0 Å². The van der Waals surface area contributed by atoms with Crippen LogP contribution in [-0.2, 0) is 19.3 Å². The first kappa shape index (κ1) is 16.4. The van der Waals surface area contributed by atoms with Gasteiger partial charge in [0.05, 0.1) is 18.1 Å². The molecule has 1 aromatic carbocycles. The summed E-state index contributed by atoms with van der Waals surface area (Å²) < 4.78 is 34.0. The summed E-state index contributed by atoms with van der Waals surface area (Å²) in [4.78, 5) is 14.5. The number of rotatable bonds is 3. The molecule has 2 saturated heterocycles. The van der Waals surface area contributed by atoms with Gasteiger partial charge in [0.25, 0.3) is 5.91 Å². The second-order valence-corrected chi connectivity index (χ2v) is 8.05. The van der Waals surface area contributed by atoms with Gasteiger partial charge in [-0.15, -0.1) is 0 Å². The van der Waals surface area contributed by atoms with Crippen molar-refractivity contribution >= 4 is 15.7 Å². The molecule has 6 nitrogen and oxygen atoms in total. The summed E-state index contributed by atoms with van der Waals surface area (Å²) in [5.74, 6) is 0.283. The minimum absolute atomic E-state index is 0.0586. The molecule has 0 N–H and O–H groups in total. The van der Waals surface area contributed by atoms with Crippen molar-refractivity contribution in [1.29, 1.82) is 0 Å². The van der Waals surface area contributed by atoms with Gasteiger partial charge in [0.15, 0.2) is 16.1 Å². The number of amides is 1. The molecule has 0 saturated carbocycles. The average molecular weight is 339 g/mol. The molecule has 7 heteroatoms. The van der Waals surface area contributed by atoms with E-state index in [-0.39, 0.29) is 17.1 Å². The van der Waals surface area contributed by atoms with Crippen LogP contribution in [0.4, 0.5) is 0 Å². The number of hydrogen-bond acceptors (Lipinski definition) is 5. The smallest absolute Gasteiger partial charge is 0.253 e. The first-order valence-electron chi connectivity index (χ1n) is 7.78. The van der Waals surface area contributed by atoms with Crippen LogP contribution in [0.3, 0.4) is 0 Å². The molecule has 0 spiro atoms. The van der Waals surface area contributed by atoms with Crippen LogP contribution >= 0.6 is 0 Å². The number of sulfone groups is 1. The topological polar surface area (TPSA) is 72.9 Å². The standard InChI is InChI=1S/C16H21NO5S/c1-23(19,20)14-4-2-12(3-5-14)15(18)17-8-6-13(7-9-17)16-21-10-11-22-16/h2-5,13,16H,6-11H2,1H3. The van der Waals surface area contributed by atoms with Gasteiger partial charge in [0, 0.05) is 30.8 Å². The Morgan fingerprint density at radius 1 is 1.09 bits per heavy atom. The Kier molecular flexibility index (Phi) is 4.70. The molecule has 0 bridgehead atoms. The number of piperidine rings is 1. The number of likely N-dealkylation sites (tertiary alicyclic amines) is 1. The maximum absolute atomic E-state index is 12.5. The van der Waals surface area contributed by atoms with E-state index in [1.54, 1.807) is 17.0 Å². The van der Waals surface area contributed by atoms with E-state index in [2.05, 4.69) is 0 Å². The van der Waals surface area contributed by atoms with Crippen LogP contribution in [0, 0.1) is 5.92 Å². The lowest BCUT2D eigenvalue weighted by Crippen LogP contribution is -2.41. The number of ether oxygens (including phenoxy) is 2. The highest BCUT2D eigenvalue weighted by molar-refractivity contribution is 7.90. The van der Waals surface area contributed by atoms with Crippen molar-refractivity contribution in [1.82, 2.24) is 4.90 Å². The van der Waals surface area contributed by atoms with Gasteiger partial charge in [0.2, 0.25) is 0 Å². The Morgan fingerprint density at radius 2 is 1.65 bits per heavy atom. The zero-order chi connectivity index (χ0) is 16.4. The van der Waals surface area contributed by atoms with Crippen LogP contribution in [0.25, 0.3) is 0 Å². The molecule has 1 amide bonds. The number of benzene rings is 1. The maximum Gasteiger partial charge on any atom is 0.253 e. The molecular formula is C16H21NO5S. The fraction of sp³-hybridized carbons (Fsp3) is 0.562. The zero-order valence-corrected chi connectivity index (χ0v) is 13.9. The van der Waals surface area contributed by atoms with Crippen molar-refractivity contribution < 1.29 is 22.7 Å². The molecule has 0 aliphatic carbocycles. The van der Waals surface area contributed by atoms with Crippen LogP contribution in [-0.4, -0.2) is 58.1 Å². The van der Waals surface area contributed by atoms with E-state index in [0.717, 1.165) is 19.1 Å². The molecule has 126 valence electrons. The van der Waals surface area contributed by atoms with Crippen molar-refractivity contribution in [3.8, 4) is 0 Å². The number of carbonyl (C=O) groups excluding carboxylic acids is 1. The fourth-order valence-corrected chi connectivity index (χ4v) is 3.68. The van der Waals surface area contributed by atoms with Crippen LogP contribution in [0.15, 0.2) is 29.2 Å². The van der Waals surface area contributed by atoms with E-state index in [4.69, 9.17) is 9.47 Å². The Balaban J connectivity index is 1.60. The predicted molar refractivity (Wildman–Crippen MR) is 83.9 cm³/mol. The summed E-state index contributed by atoms with van der Waals surface area (Å²) in [6.07, 6.45) is 2.75. The lowest BCUT2D eigenvalue weighted by Gasteiger charge is -2.33. The fourth-order valence-electron chi connectivity index (χ4n) is 3.05. The summed E-state index contributed by atoms with van der Waals surface area (Å²) in [5, 5.41) is 0. The Labute approximate surface area is 136 Å². The molecule has 2 heterocycles. The molecule has 3 rings (SSSR count). The second-order valence-electron chi connectivity index (χ2n) is 6.04. The summed E-state index contributed by atoms with van der Waals surface area (Å²) in [7, 11) is -3.24. The van der Waals surface area contributed by atoms with Crippen LogP contribution in [0.5, 0.6) is 0 Å². The van der Waals surface area contributed by atoms with E-state index in [0.29, 0.717) is 37.8 Å². The summed E-state index contributed by atoms with van der Waals surface area (Å²) in [6, 6.07) is 6.12. The molecule has 2 aliphatic rings. The Morgan fingerprint density at radius 3 is 2.17 bits per heavy atom. The largest absolute Gasteiger partial charge is 0.350 e. The van der Waals surface area contributed by atoms with E-state index in [9.17, 15) is 13.2 Å². The third-order valence-corrected chi connectivity index (χ3v) is 5.52. The van der Waals surface area contributed by atoms with Gasteiger partial charge in [-0.1, -0.05) is 0 Å². The van der Waals surface area contributed by atoms with Gasteiger partial charge < -0.3 is 14.4 Å². The summed E-state index contributed by atoms with van der Waals surface area (Å²) >= 11 is 0.